The maximum Gasteiger partial charge on any atom is 0.223 e. The van der Waals surface area contributed by atoms with E-state index in [2.05, 4.69) is 0 Å². The Morgan fingerprint density at radius 3 is 2.81 bits per heavy atom. The molecule has 16 heavy (non-hydrogen) atoms. The van der Waals surface area contributed by atoms with Gasteiger partial charge in [0.05, 0.1) is 12.0 Å². The van der Waals surface area contributed by atoms with Crippen LogP contribution in [0.1, 0.15) is 35.3 Å². The van der Waals surface area contributed by atoms with Crippen LogP contribution in [0.25, 0.3) is 0 Å². The quantitative estimate of drug-likeness (QED) is 0.716. The van der Waals surface area contributed by atoms with Gasteiger partial charge in [0, 0.05) is 18.5 Å². The van der Waals surface area contributed by atoms with Gasteiger partial charge < -0.3 is 4.90 Å². The van der Waals surface area contributed by atoms with Crippen LogP contribution in [-0.4, -0.2) is 23.1 Å². The standard InChI is InChI=1S/C13H13NO2/c1-2-14-11(15)7-10-12(14)8-5-3-4-6-9(8)13(10)16/h3-6,10,12H,2,7H2,1H3/t10-,12+/m0/s1. The molecular weight excluding hydrogens is 202 g/mol. The van der Waals surface area contributed by atoms with Crippen molar-refractivity contribution in [2.24, 2.45) is 5.92 Å². The van der Waals surface area contributed by atoms with Crippen molar-refractivity contribution in [2.45, 2.75) is 19.4 Å². The van der Waals surface area contributed by atoms with E-state index >= 15 is 0 Å². The highest BCUT2D eigenvalue weighted by molar-refractivity contribution is 6.06. The third-order valence-corrected chi connectivity index (χ3v) is 3.65. The molecular formula is C13H13NO2. The van der Waals surface area contributed by atoms with E-state index in [-0.39, 0.29) is 23.7 Å². The average Bonchev–Trinajstić information content (AvgIpc) is 2.76. The minimum absolute atomic E-state index is 0.00111. The van der Waals surface area contributed by atoms with Crippen LogP contribution in [0.15, 0.2) is 24.3 Å². The Morgan fingerprint density at radius 2 is 2.06 bits per heavy atom. The number of hydrogen-bond acceptors (Lipinski definition) is 2. The van der Waals surface area contributed by atoms with Gasteiger partial charge in [-0.05, 0) is 12.5 Å². The normalized spacial score (nSPS) is 27.2. The van der Waals surface area contributed by atoms with Crippen LogP contribution in [0.2, 0.25) is 0 Å². The monoisotopic (exact) mass is 215 g/mol. The number of likely N-dealkylation sites (tertiary alicyclic amines) is 1. The predicted molar refractivity (Wildman–Crippen MR) is 59.0 cm³/mol. The van der Waals surface area contributed by atoms with Crippen molar-refractivity contribution in [3.8, 4) is 0 Å². The van der Waals surface area contributed by atoms with Crippen LogP contribution >= 0.6 is 0 Å². The molecule has 1 heterocycles. The van der Waals surface area contributed by atoms with Crippen molar-refractivity contribution in [3.63, 3.8) is 0 Å². The summed E-state index contributed by atoms with van der Waals surface area (Å²) in [4.78, 5) is 25.7. The van der Waals surface area contributed by atoms with Crippen LogP contribution in [0, 0.1) is 5.92 Å². The van der Waals surface area contributed by atoms with Crippen molar-refractivity contribution in [1.29, 1.82) is 0 Å². The van der Waals surface area contributed by atoms with E-state index in [9.17, 15) is 9.59 Å². The Hall–Kier alpha value is -1.64. The van der Waals surface area contributed by atoms with Crippen molar-refractivity contribution in [3.05, 3.63) is 35.4 Å². The van der Waals surface area contributed by atoms with Gasteiger partial charge in [-0.2, -0.15) is 0 Å². The minimum atomic E-state index is -0.134. The lowest BCUT2D eigenvalue weighted by molar-refractivity contribution is -0.128. The number of fused-ring (bicyclic) bond motifs is 3. The highest BCUT2D eigenvalue weighted by Crippen LogP contribution is 2.46. The van der Waals surface area contributed by atoms with E-state index in [4.69, 9.17) is 0 Å². The Bertz CT molecular complexity index is 481. The molecule has 3 heteroatoms. The summed E-state index contributed by atoms with van der Waals surface area (Å²) in [7, 11) is 0. The van der Waals surface area contributed by atoms with Crippen molar-refractivity contribution < 1.29 is 9.59 Å². The fourth-order valence-electron chi connectivity index (χ4n) is 2.96. The van der Waals surface area contributed by atoms with Gasteiger partial charge in [-0.25, -0.2) is 0 Å². The lowest BCUT2D eigenvalue weighted by Gasteiger charge is -2.22. The van der Waals surface area contributed by atoms with Gasteiger partial charge in [-0.15, -0.1) is 0 Å². The molecule has 0 radical (unpaired) electrons. The lowest BCUT2D eigenvalue weighted by Crippen LogP contribution is -2.27. The summed E-state index contributed by atoms with van der Waals surface area (Å²) in [5.41, 5.74) is 1.84. The van der Waals surface area contributed by atoms with Crippen LogP contribution < -0.4 is 0 Å². The highest BCUT2D eigenvalue weighted by Gasteiger charge is 2.49. The first-order chi connectivity index (χ1) is 7.74. The molecule has 0 unspecified atom stereocenters. The average molecular weight is 215 g/mol. The second-order valence-corrected chi connectivity index (χ2v) is 4.39. The van der Waals surface area contributed by atoms with Crippen LogP contribution in [0.5, 0.6) is 0 Å². The third kappa shape index (κ3) is 1.03. The molecule has 1 fully saturated rings. The molecule has 1 aliphatic heterocycles. The van der Waals surface area contributed by atoms with E-state index in [0.29, 0.717) is 13.0 Å². The number of nitrogens with zero attached hydrogens (tertiary/aromatic N) is 1. The highest BCUT2D eigenvalue weighted by atomic mass is 16.2. The van der Waals surface area contributed by atoms with Crippen LogP contribution in [0.4, 0.5) is 0 Å². The van der Waals surface area contributed by atoms with Crippen molar-refractivity contribution >= 4 is 11.7 Å². The summed E-state index contributed by atoms with van der Waals surface area (Å²) in [5, 5.41) is 0. The van der Waals surface area contributed by atoms with Gasteiger partial charge in [0.15, 0.2) is 5.78 Å². The molecule has 1 saturated heterocycles. The van der Waals surface area contributed by atoms with E-state index in [1.165, 1.54) is 0 Å². The van der Waals surface area contributed by atoms with Crippen molar-refractivity contribution in [1.82, 2.24) is 4.90 Å². The lowest BCUT2D eigenvalue weighted by atomic mass is 10.0. The zero-order chi connectivity index (χ0) is 11.3. The Balaban J connectivity index is 2.14. The molecule has 2 atom stereocenters. The number of rotatable bonds is 1. The number of Topliss-reactive ketones (excluding diaryl/α,β-unsaturated/α-hetero) is 1. The van der Waals surface area contributed by atoms with Crippen LogP contribution in [0.3, 0.4) is 0 Å². The number of ketones is 1. The first kappa shape index (κ1) is 9.58. The summed E-state index contributed by atoms with van der Waals surface area (Å²) >= 11 is 0. The third-order valence-electron chi connectivity index (χ3n) is 3.65. The Kier molecular flexibility index (Phi) is 1.90. The minimum Gasteiger partial charge on any atom is -0.335 e. The van der Waals surface area contributed by atoms with Gasteiger partial charge in [0.2, 0.25) is 5.91 Å². The van der Waals surface area contributed by atoms with E-state index < -0.39 is 0 Å². The Morgan fingerprint density at radius 1 is 1.31 bits per heavy atom. The Labute approximate surface area is 94.1 Å². The molecule has 0 bridgehead atoms. The number of benzene rings is 1. The fourth-order valence-corrected chi connectivity index (χ4v) is 2.96. The molecule has 3 rings (SSSR count). The number of amides is 1. The summed E-state index contributed by atoms with van der Waals surface area (Å²) in [6.45, 7) is 2.65. The molecule has 82 valence electrons. The SMILES string of the molecule is CCN1C(=O)C[C@@H]2C(=O)c3ccccc3[C@H]21. The maximum absolute atomic E-state index is 12.1. The summed E-state index contributed by atoms with van der Waals surface area (Å²) in [5.74, 6) is 0.120. The molecule has 1 aliphatic carbocycles. The van der Waals surface area contributed by atoms with Gasteiger partial charge in [0.25, 0.3) is 0 Å². The second kappa shape index (κ2) is 3.17. The molecule has 0 N–H and O–H groups in total. The van der Waals surface area contributed by atoms with Gasteiger partial charge >= 0.3 is 0 Å². The molecule has 0 spiro atoms. The first-order valence-electron chi connectivity index (χ1n) is 5.66. The molecule has 2 aliphatic rings. The molecule has 3 nitrogen and oxygen atoms in total. The largest absolute Gasteiger partial charge is 0.335 e. The topological polar surface area (TPSA) is 37.4 Å². The number of carbonyl (C=O) groups is 2. The van der Waals surface area contributed by atoms with Gasteiger partial charge in [-0.1, -0.05) is 24.3 Å². The molecule has 0 saturated carbocycles. The maximum atomic E-state index is 12.1. The van der Waals surface area contributed by atoms with Crippen molar-refractivity contribution in [2.75, 3.05) is 6.54 Å². The summed E-state index contributed by atoms with van der Waals surface area (Å²) < 4.78 is 0. The number of carbonyl (C=O) groups excluding carboxylic acids is 2. The smallest absolute Gasteiger partial charge is 0.223 e. The fraction of sp³-hybridized carbons (Fsp3) is 0.385. The molecule has 0 aromatic heterocycles. The van der Waals surface area contributed by atoms with Gasteiger partial charge in [-0.3, -0.25) is 9.59 Å². The molecule has 1 aromatic carbocycles. The summed E-state index contributed by atoms with van der Waals surface area (Å²) in [6.07, 6.45) is 0.381. The second-order valence-electron chi connectivity index (χ2n) is 4.39. The van der Waals surface area contributed by atoms with Crippen LogP contribution in [-0.2, 0) is 4.79 Å². The summed E-state index contributed by atoms with van der Waals surface area (Å²) in [6, 6.07) is 7.66. The zero-order valence-corrected chi connectivity index (χ0v) is 9.14. The molecule has 1 aromatic rings. The van der Waals surface area contributed by atoms with E-state index in [1.807, 2.05) is 36.1 Å². The van der Waals surface area contributed by atoms with Gasteiger partial charge in [0.1, 0.15) is 0 Å². The predicted octanol–water partition coefficient (Wildman–Crippen LogP) is 1.79. The molecule has 1 amide bonds. The number of hydrogen-bond donors (Lipinski definition) is 0. The zero-order valence-electron chi connectivity index (χ0n) is 9.14. The van der Waals surface area contributed by atoms with E-state index in [0.717, 1.165) is 11.1 Å². The van der Waals surface area contributed by atoms with E-state index in [1.54, 1.807) is 0 Å². The first-order valence-corrected chi connectivity index (χ1v) is 5.66.